The fourth-order valence-electron chi connectivity index (χ4n) is 3.38. The maximum absolute atomic E-state index is 12.7. The lowest BCUT2D eigenvalue weighted by Gasteiger charge is -2.37. The summed E-state index contributed by atoms with van der Waals surface area (Å²) in [6.45, 7) is 3.55. The minimum Gasteiger partial charge on any atom is -0.355 e. The summed E-state index contributed by atoms with van der Waals surface area (Å²) in [6, 6.07) is 1.86. The van der Waals surface area contributed by atoms with Gasteiger partial charge in [0.1, 0.15) is 5.82 Å². The van der Waals surface area contributed by atoms with Gasteiger partial charge < -0.3 is 9.80 Å². The first kappa shape index (κ1) is 16.1. The van der Waals surface area contributed by atoms with Crippen molar-refractivity contribution in [1.82, 2.24) is 9.88 Å². The first-order valence-corrected chi connectivity index (χ1v) is 9.17. The predicted octanol–water partition coefficient (Wildman–Crippen LogP) is 3.73. The molecule has 0 bridgehead atoms. The molecule has 2 fully saturated rings. The number of hydrogen-bond acceptors (Lipinski definition) is 3. The molecule has 1 atom stereocenters. The molecule has 3 rings (SSSR count). The Hall–Kier alpha value is -0.810. The number of carbonyl (C=O) groups is 1. The van der Waals surface area contributed by atoms with Crippen molar-refractivity contribution in [3.8, 4) is 0 Å². The molecule has 2 aliphatic rings. The van der Waals surface area contributed by atoms with Gasteiger partial charge in [0, 0.05) is 32.4 Å². The topological polar surface area (TPSA) is 36.4 Å². The lowest BCUT2D eigenvalue weighted by atomic mass is 9.95. The minimum atomic E-state index is 0.0937. The van der Waals surface area contributed by atoms with Gasteiger partial charge in [-0.05, 0) is 54.1 Å². The van der Waals surface area contributed by atoms with Gasteiger partial charge >= 0.3 is 0 Å². The van der Waals surface area contributed by atoms with E-state index in [2.05, 4.69) is 30.7 Å². The van der Waals surface area contributed by atoms with Crippen LogP contribution in [0.1, 0.15) is 32.1 Å². The maximum atomic E-state index is 12.7. The summed E-state index contributed by atoms with van der Waals surface area (Å²) in [5.41, 5.74) is 0. The largest absolute Gasteiger partial charge is 0.355 e. The summed E-state index contributed by atoms with van der Waals surface area (Å²) < 4.78 is 0.895. The lowest BCUT2D eigenvalue weighted by Crippen LogP contribution is -2.46. The van der Waals surface area contributed by atoms with E-state index in [4.69, 9.17) is 11.6 Å². The lowest BCUT2D eigenvalue weighted by molar-refractivity contribution is -0.136. The Morgan fingerprint density at radius 1 is 1.23 bits per heavy atom. The number of carbonyl (C=O) groups excluding carboxylic acids is 1. The highest BCUT2D eigenvalue weighted by Crippen LogP contribution is 2.30. The van der Waals surface area contributed by atoms with Crippen molar-refractivity contribution >= 4 is 39.3 Å². The van der Waals surface area contributed by atoms with Crippen LogP contribution in [-0.2, 0) is 4.79 Å². The van der Waals surface area contributed by atoms with Crippen molar-refractivity contribution in [1.29, 1.82) is 0 Å². The summed E-state index contributed by atoms with van der Waals surface area (Å²) in [5, 5.41) is 0.619. The maximum Gasteiger partial charge on any atom is 0.227 e. The average molecular weight is 387 g/mol. The van der Waals surface area contributed by atoms with Crippen molar-refractivity contribution < 1.29 is 4.79 Å². The third-order valence-corrected chi connectivity index (χ3v) is 5.32. The zero-order chi connectivity index (χ0) is 15.5. The number of aromatic nitrogens is 1. The van der Waals surface area contributed by atoms with Crippen molar-refractivity contribution in [2.24, 2.45) is 5.92 Å². The molecule has 120 valence electrons. The molecule has 3 heterocycles. The van der Waals surface area contributed by atoms with Crippen LogP contribution in [0.2, 0.25) is 5.02 Å². The van der Waals surface area contributed by atoms with Crippen molar-refractivity contribution in [2.45, 2.75) is 32.1 Å². The number of anilines is 1. The van der Waals surface area contributed by atoms with Crippen LogP contribution in [0.4, 0.5) is 5.82 Å². The Balaban J connectivity index is 1.69. The summed E-state index contributed by atoms with van der Waals surface area (Å²) in [5.74, 6) is 1.31. The zero-order valence-electron chi connectivity index (χ0n) is 12.6. The molecule has 1 aromatic heterocycles. The third-order valence-electron chi connectivity index (χ3n) is 4.53. The molecule has 0 saturated carbocycles. The number of amides is 1. The average Bonchev–Trinajstić information content (AvgIpc) is 2.55. The Kier molecular flexibility index (Phi) is 5.24. The van der Waals surface area contributed by atoms with E-state index in [9.17, 15) is 4.79 Å². The van der Waals surface area contributed by atoms with Gasteiger partial charge in [0.15, 0.2) is 0 Å². The van der Waals surface area contributed by atoms with Gasteiger partial charge in [0.05, 0.1) is 15.4 Å². The van der Waals surface area contributed by atoms with E-state index < -0.39 is 0 Å². The Labute approximate surface area is 145 Å². The molecule has 22 heavy (non-hydrogen) atoms. The number of hydrogen-bond donors (Lipinski definition) is 0. The highest BCUT2D eigenvalue weighted by atomic mass is 79.9. The Morgan fingerprint density at radius 2 is 2.00 bits per heavy atom. The van der Waals surface area contributed by atoms with Crippen molar-refractivity contribution in [2.75, 3.05) is 31.1 Å². The summed E-state index contributed by atoms with van der Waals surface area (Å²) >= 11 is 9.50. The molecule has 0 aliphatic carbocycles. The SMILES string of the molecule is O=C(C1CCCN(c2ncc(Cl)cc2Br)C1)N1CCCCC1. The molecule has 0 N–H and O–H groups in total. The molecule has 1 unspecified atom stereocenters. The van der Waals surface area contributed by atoms with Gasteiger partial charge in [-0.25, -0.2) is 4.98 Å². The van der Waals surface area contributed by atoms with Gasteiger partial charge in [-0.15, -0.1) is 0 Å². The van der Waals surface area contributed by atoms with Gasteiger partial charge in [0.25, 0.3) is 0 Å². The van der Waals surface area contributed by atoms with Gasteiger partial charge in [-0.2, -0.15) is 0 Å². The van der Waals surface area contributed by atoms with Crippen LogP contribution in [0.25, 0.3) is 0 Å². The fourth-order valence-corrected chi connectivity index (χ4v) is 4.27. The van der Waals surface area contributed by atoms with Crippen LogP contribution < -0.4 is 4.90 Å². The summed E-state index contributed by atoms with van der Waals surface area (Å²) in [7, 11) is 0. The molecule has 2 aliphatic heterocycles. The van der Waals surface area contributed by atoms with Crippen LogP contribution in [-0.4, -0.2) is 42.0 Å². The number of likely N-dealkylation sites (tertiary alicyclic amines) is 1. The molecule has 1 amide bonds. The highest BCUT2D eigenvalue weighted by molar-refractivity contribution is 9.10. The first-order chi connectivity index (χ1) is 10.6. The molecule has 1 aromatic rings. The van der Waals surface area contributed by atoms with E-state index in [1.54, 1.807) is 6.20 Å². The number of pyridine rings is 1. The van der Waals surface area contributed by atoms with Crippen LogP contribution in [0, 0.1) is 5.92 Å². The van der Waals surface area contributed by atoms with Crippen LogP contribution in [0.5, 0.6) is 0 Å². The molecular formula is C16H21BrClN3O. The fraction of sp³-hybridized carbons (Fsp3) is 0.625. The molecular weight excluding hydrogens is 366 g/mol. The predicted molar refractivity (Wildman–Crippen MR) is 92.3 cm³/mol. The van der Waals surface area contributed by atoms with Crippen molar-refractivity contribution in [3.05, 3.63) is 21.8 Å². The normalized spacial score (nSPS) is 22.7. The highest BCUT2D eigenvalue weighted by Gasteiger charge is 2.30. The third kappa shape index (κ3) is 3.57. The number of rotatable bonds is 2. The molecule has 4 nitrogen and oxygen atoms in total. The van der Waals surface area contributed by atoms with Gasteiger partial charge in [-0.1, -0.05) is 11.6 Å². The quantitative estimate of drug-likeness (QED) is 0.777. The first-order valence-electron chi connectivity index (χ1n) is 8.00. The number of nitrogens with zero attached hydrogens (tertiary/aromatic N) is 3. The van der Waals surface area contributed by atoms with E-state index in [0.29, 0.717) is 10.9 Å². The molecule has 0 aromatic carbocycles. The number of halogens is 2. The van der Waals surface area contributed by atoms with Gasteiger partial charge in [-0.3, -0.25) is 4.79 Å². The van der Waals surface area contributed by atoms with Crippen LogP contribution >= 0.6 is 27.5 Å². The zero-order valence-corrected chi connectivity index (χ0v) is 14.9. The second kappa shape index (κ2) is 7.18. The van der Waals surface area contributed by atoms with Crippen molar-refractivity contribution in [3.63, 3.8) is 0 Å². The van der Waals surface area contributed by atoms with Crippen LogP contribution in [0.3, 0.4) is 0 Å². The molecule has 0 radical (unpaired) electrons. The standard InChI is InChI=1S/C16H21BrClN3O/c17-14-9-13(18)10-19-15(14)21-8-4-5-12(11-21)16(22)20-6-2-1-3-7-20/h9-10,12H,1-8,11H2. The summed E-state index contributed by atoms with van der Waals surface area (Å²) in [6.07, 6.45) is 7.22. The second-order valence-corrected chi connectivity index (χ2v) is 7.42. The summed E-state index contributed by atoms with van der Waals surface area (Å²) in [4.78, 5) is 21.4. The van der Waals surface area contributed by atoms with Crippen LogP contribution in [0.15, 0.2) is 16.7 Å². The molecule has 0 spiro atoms. The minimum absolute atomic E-state index is 0.0937. The monoisotopic (exact) mass is 385 g/mol. The second-order valence-electron chi connectivity index (χ2n) is 6.13. The molecule has 2 saturated heterocycles. The smallest absolute Gasteiger partial charge is 0.227 e. The van der Waals surface area contributed by atoms with E-state index >= 15 is 0 Å². The van der Waals surface area contributed by atoms with E-state index in [1.807, 2.05) is 6.07 Å². The molecule has 6 heteroatoms. The number of piperidine rings is 2. The van der Waals surface area contributed by atoms with Gasteiger partial charge in [0.2, 0.25) is 5.91 Å². The Morgan fingerprint density at radius 3 is 2.73 bits per heavy atom. The Bertz CT molecular complexity index is 548. The van der Waals surface area contributed by atoms with E-state index in [0.717, 1.165) is 62.2 Å². The van der Waals surface area contributed by atoms with E-state index in [-0.39, 0.29) is 5.92 Å². The van der Waals surface area contributed by atoms with E-state index in [1.165, 1.54) is 6.42 Å².